The van der Waals surface area contributed by atoms with Crippen LogP contribution in [-0.4, -0.2) is 64.7 Å². The highest BCUT2D eigenvalue weighted by Crippen LogP contribution is 2.43. The maximum atomic E-state index is 13.7. The number of aliphatic hydroxyl groups is 1. The monoisotopic (exact) mass is 394 g/mol. The molecule has 0 spiro atoms. The van der Waals surface area contributed by atoms with Crippen molar-refractivity contribution in [2.24, 2.45) is 23.7 Å². The summed E-state index contributed by atoms with van der Waals surface area (Å²) in [6, 6.07) is 0. The second-order valence-corrected chi connectivity index (χ2v) is 9.83. The highest BCUT2D eigenvalue weighted by atomic mass is 19.1. The molecule has 3 unspecified atom stereocenters. The van der Waals surface area contributed by atoms with Crippen LogP contribution >= 0.6 is 0 Å². The molecule has 28 heavy (non-hydrogen) atoms. The Bertz CT molecular complexity index is 593. The average molecular weight is 395 g/mol. The Hall–Kier alpha value is -1.17. The van der Waals surface area contributed by atoms with Gasteiger partial charge in [0.2, 0.25) is 5.91 Å². The van der Waals surface area contributed by atoms with Gasteiger partial charge in [-0.25, -0.2) is 4.39 Å². The summed E-state index contributed by atoms with van der Waals surface area (Å²) in [5.74, 6) is 1.69. The number of carbonyl (C=O) groups excluding carboxylic acids is 2. The summed E-state index contributed by atoms with van der Waals surface area (Å²) >= 11 is 0. The third kappa shape index (κ3) is 4.07. The summed E-state index contributed by atoms with van der Waals surface area (Å²) in [6.07, 6.45) is 7.33. The highest BCUT2D eigenvalue weighted by Gasteiger charge is 2.50. The van der Waals surface area contributed by atoms with E-state index in [0.29, 0.717) is 57.3 Å². The van der Waals surface area contributed by atoms with E-state index in [1.807, 2.05) is 11.8 Å². The summed E-state index contributed by atoms with van der Waals surface area (Å²) in [4.78, 5) is 28.8. The van der Waals surface area contributed by atoms with Crippen molar-refractivity contribution in [2.75, 3.05) is 26.2 Å². The van der Waals surface area contributed by atoms with E-state index in [9.17, 15) is 19.1 Å². The minimum Gasteiger partial charge on any atom is -0.380 e. The Morgan fingerprint density at radius 1 is 0.893 bits per heavy atom. The van der Waals surface area contributed by atoms with E-state index < -0.39 is 11.8 Å². The van der Waals surface area contributed by atoms with Gasteiger partial charge in [-0.1, -0.05) is 6.92 Å². The first-order valence-electron chi connectivity index (χ1n) is 11.3. The lowest BCUT2D eigenvalue weighted by Crippen LogP contribution is -2.54. The van der Waals surface area contributed by atoms with Gasteiger partial charge in [0.15, 0.2) is 0 Å². The number of piperazine rings is 1. The number of nitrogens with zero attached hydrogens (tertiary/aromatic N) is 2. The largest absolute Gasteiger partial charge is 0.380 e. The lowest BCUT2D eigenvalue weighted by atomic mass is 9.68. The molecular formula is C22H35FN2O3. The fraction of sp³-hybridized carbons (Fsp3) is 0.909. The SMILES string of the molecule is CC1CC(C2CCC(C(=O)N3CCN(C(=O)C4(O)CC4)CC3)CC2)CCC1F. The molecule has 1 saturated heterocycles. The maximum absolute atomic E-state index is 13.7. The molecule has 0 radical (unpaired) electrons. The van der Waals surface area contributed by atoms with Gasteiger partial charge in [-0.3, -0.25) is 9.59 Å². The number of alkyl halides is 1. The van der Waals surface area contributed by atoms with Crippen molar-refractivity contribution in [3.63, 3.8) is 0 Å². The zero-order chi connectivity index (χ0) is 19.9. The first-order chi connectivity index (χ1) is 13.4. The van der Waals surface area contributed by atoms with Crippen LogP contribution in [0.4, 0.5) is 4.39 Å². The number of hydrogen-bond acceptors (Lipinski definition) is 3. The Morgan fingerprint density at radius 3 is 2.04 bits per heavy atom. The van der Waals surface area contributed by atoms with Crippen LogP contribution in [-0.2, 0) is 9.59 Å². The van der Waals surface area contributed by atoms with E-state index in [1.54, 1.807) is 4.90 Å². The van der Waals surface area contributed by atoms with Crippen LogP contribution in [0.25, 0.3) is 0 Å². The molecule has 1 aliphatic heterocycles. The number of hydrogen-bond donors (Lipinski definition) is 1. The lowest BCUT2D eigenvalue weighted by molar-refractivity contribution is -0.148. The summed E-state index contributed by atoms with van der Waals surface area (Å²) < 4.78 is 13.7. The molecule has 3 atom stereocenters. The van der Waals surface area contributed by atoms with E-state index in [-0.39, 0.29) is 23.7 Å². The molecule has 0 aromatic rings. The van der Waals surface area contributed by atoms with Crippen molar-refractivity contribution >= 4 is 11.8 Å². The van der Waals surface area contributed by atoms with Crippen molar-refractivity contribution in [3.05, 3.63) is 0 Å². The van der Waals surface area contributed by atoms with E-state index in [0.717, 1.165) is 38.5 Å². The van der Waals surface area contributed by atoms with Crippen LogP contribution in [0.2, 0.25) is 0 Å². The molecule has 6 heteroatoms. The van der Waals surface area contributed by atoms with Crippen LogP contribution in [0, 0.1) is 23.7 Å². The molecule has 4 fully saturated rings. The van der Waals surface area contributed by atoms with Crippen LogP contribution < -0.4 is 0 Å². The number of halogens is 1. The van der Waals surface area contributed by atoms with Gasteiger partial charge in [0.05, 0.1) is 0 Å². The second-order valence-electron chi connectivity index (χ2n) is 9.83. The predicted octanol–water partition coefficient (Wildman–Crippen LogP) is 2.76. The van der Waals surface area contributed by atoms with Crippen LogP contribution in [0.5, 0.6) is 0 Å². The second kappa shape index (κ2) is 7.92. The minimum atomic E-state index is -1.11. The van der Waals surface area contributed by atoms with Crippen molar-refractivity contribution in [1.29, 1.82) is 0 Å². The summed E-state index contributed by atoms with van der Waals surface area (Å²) in [7, 11) is 0. The molecular weight excluding hydrogens is 359 g/mol. The number of carbonyl (C=O) groups is 2. The maximum Gasteiger partial charge on any atom is 0.254 e. The molecule has 4 rings (SSSR count). The first-order valence-corrected chi connectivity index (χ1v) is 11.3. The molecule has 3 aliphatic carbocycles. The topological polar surface area (TPSA) is 60.9 Å². The summed E-state index contributed by atoms with van der Waals surface area (Å²) in [5, 5.41) is 10.00. The molecule has 0 aromatic carbocycles. The van der Waals surface area contributed by atoms with Gasteiger partial charge in [0.25, 0.3) is 5.91 Å². The van der Waals surface area contributed by atoms with Crippen molar-refractivity contribution < 1.29 is 19.1 Å². The van der Waals surface area contributed by atoms with E-state index in [4.69, 9.17) is 0 Å². The fourth-order valence-electron chi connectivity index (χ4n) is 5.68. The van der Waals surface area contributed by atoms with Gasteiger partial charge in [-0.05, 0) is 75.5 Å². The molecule has 3 saturated carbocycles. The zero-order valence-electron chi connectivity index (χ0n) is 17.1. The molecule has 4 aliphatic rings. The van der Waals surface area contributed by atoms with Crippen molar-refractivity contribution in [1.82, 2.24) is 9.80 Å². The molecule has 2 amide bonds. The Kier molecular flexibility index (Phi) is 5.69. The minimum absolute atomic E-state index is 0.112. The highest BCUT2D eigenvalue weighted by molar-refractivity contribution is 5.88. The summed E-state index contributed by atoms with van der Waals surface area (Å²) in [6.45, 7) is 4.27. The molecule has 5 nitrogen and oxygen atoms in total. The van der Waals surface area contributed by atoms with Crippen LogP contribution in [0.3, 0.4) is 0 Å². The van der Waals surface area contributed by atoms with Gasteiger partial charge < -0.3 is 14.9 Å². The smallest absolute Gasteiger partial charge is 0.254 e. The Balaban J connectivity index is 1.22. The predicted molar refractivity (Wildman–Crippen MR) is 104 cm³/mol. The molecule has 158 valence electrons. The fourth-order valence-corrected chi connectivity index (χ4v) is 5.68. The van der Waals surface area contributed by atoms with Crippen molar-refractivity contribution in [2.45, 2.75) is 76.5 Å². The molecule has 0 bridgehead atoms. The van der Waals surface area contributed by atoms with E-state index >= 15 is 0 Å². The number of rotatable bonds is 3. The standard InChI is InChI=1S/C22H35FN2O3/c1-15-14-18(6-7-19(15)23)16-2-4-17(5-3-16)20(26)24-10-12-25(13-11-24)21(27)22(28)8-9-22/h15-19,28H,2-14H2,1H3. The van der Waals surface area contributed by atoms with E-state index in [2.05, 4.69) is 0 Å². The van der Waals surface area contributed by atoms with Gasteiger partial charge >= 0.3 is 0 Å². The lowest BCUT2D eigenvalue weighted by Gasteiger charge is -2.41. The van der Waals surface area contributed by atoms with Gasteiger partial charge in [-0.15, -0.1) is 0 Å². The normalized spacial score (nSPS) is 38.2. The third-order valence-corrected chi connectivity index (χ3v) is 7.89. The van der Waals surface area contributed by atoms with Gasteiger partial charge in [0.1, 0.15) is 11.8 Å². The van der Waals surface area contributed by atoms with Crippen LogP contribution in [0.1, 0.15) is 64.7 Å². The van der Waals surface area contributed by atoms with Crippen LogP contribution in [0.15, 0.2) is 0 Å². The quantitative estimate of drug-likeness (QED) is 0.801. The zero-order valence-corrected chi connectivity index (χ0v) is 17.1. The first kappa shape index (κ1) is 20.1. The van der Waals surface area contributed by atoms with Crippen molar-refractivity contribution in [3.8, 4) is 0 Å². The van der Waals surface area contributed by atoms with Gasteiger partial charge in [-0.2, -0.15) is 0 Å². The summed E-state index contributed by atoms with van der Waals surface area (Å²) in [5.41, 5.74) is -1.11. The Morgan fingerprint density at radius 2 is 1.46 bits per heavy atom. The van der Waals surface area contributed by atoms with Gasteiger partial charge in [0, 0.05) is 32.1 Å². The molecule has 1 heterocycles. The van der Waals surface area contributed by atoms with E-state index in [1.165, 1.54) is 0 Å². The third-order valence-electron chi connectivity index (χ3n) is 7.89. The average Bonchev–Trinajstić information content (AvgIpc) is 3.48. The Labute approximate surface area is 167 Å². The number of amides is 2. The molecule has 0 aromatic heterocycles. The molecule has 1 N–H and O–H groups in total.